The van der Waals surface area contributed by atoms with E-state index in [-0.39, 0.29) is 39.8 Å². The fraction of sp³-hybridized carbons (Fsp3) is 0.900. The zero-order chi connectivity index (χ0) is 24.4. The molecule has 8 aliphatic carbocycles. The SMILES string of the molecule is C=C1[C@H]2C[C@H](O)[C@H]3[C@]4(C)CCC[C@@](C)(NC(=O)NC56CC7CC(CC(C7)C5)C6)[C@H]4CC[C@]3(C2)[C@@H]1O. The lowest BCUT2D eigenvalue weighted by molar-refractivity contribution is -0.195. The van der Waals surface area contributed by atoms with Gasteiger partial charge >= 0.3 is 6.03 Å². The summed E-state index contributed by atoms with van der Waals surface area (Å²) in [7, 11) is 0. The minimum atomic E-state index is -0.493. The normalized spacial score (nSPS) is 58.0. The number of rotatable bonds is 2. The molecular weight excluding hydrogens is 436 g/mol. The largest absolute Gasteiger partial charge is 0.393 e. The van der Waals surface area contributed by atoms with E-state index < -0.39 is 12.2 Å². The van der Waals surface area contributed by atoms with Gasteiger partial charge in [-0.25, -0.2) is 4.79 Å². The maximum atomic E-state index is 13.6. The van der Waals surface area contributed by atoms with Crippen molar-refractivity contribution in [3.8, 4) is 0 Å². The topological polar surface area (TPSA) is 81.6 Å². The molecule has 8 aliphatic rings. The van der Waals surface area contributed by atoms with E-state index >= 15 is 0 Å². The average Bonchev–Trinajstić information content (AvgIpc) is 2.92. The van der Waals surface area contributed by atoms with E-state index in [2.05, 4.69) is 31.1 Å². The van der Waals surface area contributed by atoms with Crippen LogP contribution < -0.4 is 10.6 Å². The van der Waals surface area contributed by atoms with Gasteiger partial charge in [0.15, 0.2) is 0 Å². The Bertz CT molecular complexity index is 913. The van der Waals surface area contributed by atoms with Crippen molar-refractivity contribution in [2.24, 2.45) is 46.3 Å². The monoisotopic (exact) mass is 482 g/mol. The molecule has 5 heteroatoms. The zero-order valence-electron chi connectivity index (χ0n) is 21.8. The Hall–Kier alpha value is -1.07. The Labute approximate surface area is 210 Å². The van der Waals surface area contributed by atoms with Crippen LogP contribution in [0.3, 0.4) is 0 Å². The molecule has 8 fully saturated rings. The number of carbonyl (C=O) groups is 1. The highest BCUT2D eigenvalue weighted by Crippen LogP contribution is 2.71. The molecule has 0 aromatic rings. The number of amides is 2. The second-order valence-electron chi connectivity index (χ2n) is 15.0. The molecule has 5 nitrogen and oxygen atoms in total. The van der Waals surface area contributed by atoms with Crippen LogP contribution in [0.4, 0.5) is 4.79 Å². The first-order chi connectivity index (χ1) is 16.6. The summed E-state index contributed by atoms with van der Waals surface area (Å²) in [5, 5.41) is 29.9. The number of hydrogen-bond acceptors (Lipinski definition) is 3. The molecule has 8 rings (SSSR count). The van der Waals surface area contributed by atoms with Crippen LogP contribution in [0.2, 0.25) is 0 Å². The summed E-state index contributed by atoms with van der Waals surface area (Å²) in [4.78, 5) is 13.6. The summed E-state index contributed by atoms with van der Waals surface area (Å²) in [6.07, 6.45) is 13.5. The fourth-order valence-electron chi connectivity index (χ4n) is 12.4. The molecule has 0 aliphatic heterocycles. The van der Waals surface area contributed by atoms with Gasteiger partial charge in [-0.2, -0.15) is 0 Å². The van der Waals surface area contributed by atoms with Crippen LogP contribution in [0.5, 0.6) is 0 Å². The van der Waals surface area contributed by atoms with Gasteiger partial charge in [-0.05, 0) is 130 Å². The third-order valence-electron chi connectivity index (χ3n) is 13.0. The van der Waals surface area contributed by atoms with Crippen LogP contribution in [-0.4, -0.2) is 39.5 Å². The Balaban J connectivity index is 1.13. The molecule has 0 aromatic carbocycles. The predicted octanol–water partition coefficient (Wildman–Crippen LogP) is 4.92. The molecule has 35 heavy (non-hydrogen) atoms. The van der Waals surface area contributed by atoms with Crippen molar-refractivity contribution in [3.63, 3.8) is 0 Å². The summed E-state index contributed by atoms with van der Waals surface area (Å²) in [5.41, 5.74) is 0.380. The lowest BCUT2D eigenvalue weighted by Crippen LogP contribution is -2.69. The number of hydrogen-bond donors (Lipinski definition) is 4. The van der Waals surface area contributed by atoms with Crippen molar-refractivity contribution in [1.29, 1.82) is 0 Å². The first-order valence-electron chi connectivity index (χ1n) is 14.7. The number of carbonyl (C=O) groups excluding carboxylic acids is 1. The van der Waals surface area contributed by atoms with Crippen LogP contribution in [0.15, 0.2) is 12.2 Å². The summed E-state index contributed by atoms with van der Waals surface area (Å²) in [6, 6.07) is 0.0394. The number of urea groups is 1. The lowest BCUT2D eigenvalue weighted by Gasteiger charge is -2.65. The first-order valence-corrected chi connectivity index (χ1v) is 14.7. The molecule has 194 valence electrons. The number of aliphatic hydroxyl groups excluding tert-OH is 2. The molecule has 4 N–H and O–H groups in total. The molecule has 0 unspecified atom stereocenters. The third kappa shape index (κ3) is 3.09. The maximum absolute atomic E-state index is 13.6. The number of aliphatic hydroxyl groups is 2. The van der Waals surface area contributed by atoms with Crippen LogP contribution in [0.25, 0.3) is 0 Å². The first kappa shape index (κ1) is 23.1. The molecule has 0 heterocycles. The molecule has 0 radical (unpaired) electrons. The Morgan fingerprint density at radius 3 is 2.23 bits per heavy atom. The molecule has 8 atom stereocenters. The standard InChI is InChI=1S/C30H46N2O3/c1-17-21-12-22(33)24-27(2)6-4-7-28(3,23(27)5-8-30(24,16-21)25(17)34)31-26(35)32-29-13-18-9-19(14-29)11-20(10-18)15-29/h18-25,33-34H,1,4-16H2,2-3H3,(H2,31,32,35)/t18?,19?,20?,21-,22-,23-,24-,25+,27+,28+,29?,30+/m0/s1. The second kappa shape index (κ2) is 7.28. The van der Waals surface area contributed by atoms with Crippen molar-refractivity contribution >= 4 is 6.03 Å². The quantitative estimate of drug-likeness (QED) is 0.422. The molecular formula is C30H46N2O3. The Kier molecular flexibility index (Phi) is 4.80. The molecule has 2 amide bonds. The fourth-order valence-corrected chi connectivity index (χ4v) is 12.4. The van der Waals surface area contributed by atoms with Gasteiger partial charge in [-0.1, -0.05) is 19.9 Å². The minimum absolute atomic E-state index is 0.0205. The molecule has 1 spiro atoms. The minimum Gasteiger partial charge on any atom is -0.393 e. The Morgan fingerprint density at radius 2 is 1.57 bits per heavy atom. The van der Waals surface area contributed by atoms with Crippen molar-refractivity contribution in [2.75, 3.05) is 0 Å². The van der Waals surface area contributed by atoms with Crippen molar-refractivity contribution in [1.82, 2.24) is 10.6 Å². The molecule has 8 saturated carbocycles. The van der Waals surface area contributed by atoms with Gasteiger partial charge in [0.2, 0.25) is 0 Å². The smallest absolute Gasteiger partial charge is 0.315 e. The van der Waals surface area contributed by atoms with Gasteiger partial charge in [0.1, 0.15) is 0 Å². The highest BCUT2D eigenvalue weighted by Gasteiger charge is 2.69. The lowest BCUT2D eigenvalue weighted by atomic mass is 9.41. The van der Waals surface area contributed by atoms with E-state index in [9.17, 15) is 15.0 Å². The van der Waals surface area contributed by atoms with E-state index in [1.807, 2.05) is 0 Å². The van der Waals surface area contributed by atoms with E-state index in [1.165, 1.54) is 38.5 Å². The van der Waals surface area contributed by atoms with Crippen molar-refractivity contribution in [3.05, 3.63) is 12.2 Å². The average molecular weight is 483 g/mol. The number of nitrogens with one attached hydrogen (secondary N) is 2. The van der Waals surface area contributed by atoms with Crippen LogP contribution in [-0.2, 0) is 0 Å². The van der Waals surface area contributed by atoms with Gasteiger partial charge in [0.05, 0.1) is 12.2 Å². The van der Waals surface area contributed by atoms with Crippen LogP contribution >= 0.6 is 0 Å². The van der Waals surface area contributed by atoms with Crippen molar-refractivity contribution < 1.29 is 15.0 Å². The molecule has 0 saturated heterocycles. The summed E-state index contributed by atoms with van der Waals surface area (Å²) < 4.78 is 0. The van der Waals surface area contributed by atoms with Crippen LogP contribution in [0.1, 0.15) is 97.3 Å². The number of fused-ring (bicyclic) bond motifs is 3. The van der Waals surface area contributed by atoms with E-state index in [0.717, 1.165) is 68.3 Å². The molecule has 0 aromatic heterocycles. The van der Waals surface area contributed by atoms with Gasteiger partial charge in [-0.15, -0.1) is 0 Å². The highest BCUT2D eigenvalue weighted by atomic mass is 16.3. The van der Waals surface area contributed by atoms with Gasteiger partial charge in [-0.3, -0.25) is 0 Å². The third-order valence-corrected chi connectivity index (χ3v) is 13.0. The zero-order valence-corrected chi connectivity index (χ0v) is 21.8. The van der Waals surface area contributed by atoms with E-state index in [0.29, 0.717) is 5.92 Å². The van der Waals surface area contributed by atoms with Gasteiger partial charge in [0, 0.05) is 16.5 Å². The highest BCUT2D eigenvalue weighted by molar-refractivity contribution is 5.76. The van der Waals surface area contributed by atoms with E-state index in [1.54, 1.807) is 0 Å². The summed E-state index contributed by atoms with van der Waals surface area (Å²) in [6.45, 7) is 8.90. The Morgan fingerprint density at radius 1 is 0.914 bits per heavy atom. The second-order valence-corrected chi connectivity index (χ2v) is 15.0. The van der Waals surface area contributed by atoms with Crippen molar-refractivity contribution in [2.45, 2.75) is 121 Å². The van der Waals surface area contributed by atoms with Crippen LogP contribution in [0, 0.1) is 46.3 Å². The summed E-state index contributed by atoms with van der Waals surface area (Å²) >= 11 is 0. The van der Waals surface area contributed by atoms with Gasteiger partial charge < -0.3 is 20.8 Å². The summed E-state index contributed by atoms with van der Waals surface area (Å²) in [5.74, 6) is 3.09. The maximum Gasteiger partial charge on any atom is 0.315 e. The van der Waals surface area contributed by atoms with E-state index in [4.69, 9.17) is 0 Å². The molecule has 6 bridgehead atoms. The predicted molar refractivity (Wildman–Crippen MR) is 135 cm³/mol. The van der Waals surface area contributed by atoms with Gasteiger partial charge in [0.25, 0.3) is 0 Å².